The van der Waals surface area contributed by atoms with E-state index in [4.69, 9.17) is 5.73 Å². The largest absolute Gasteiger partial charge is 0.369 e. The Hall–Kier alpha value is -3.68. The highest BCUT2D eigenvalue weighted by molar-refractivity contribution is 6.11. The molecule has 0 aromatic heterocycles. The summed E-state index contributed by atoms with van der Waals surface area (Å²) in [6.45, 7) is 3.90. The lowest BCUT2D eigenvalue weighted by Gasteiger charge is -2.10. The molecule has 8 heteroatoms. The van der Waals surface area contributed by atoms with Gasteiger partial charge in [-0.1, -0.05) is 35.9 Å². The lowest BCUT2D eigenvalue weighted by Crippen LogP contribution is -2.32. The molecule has 1 atom stereocenters. The number of nitrogens with zero attached hydrogens (tertiary/aromatic N) is 2. The van der Waals surface area contributed by atoms with E-state index in [0.717, 1.165) is 16.8 Å². The third-order valence-electron chi connectivity index (χ3n) is 4.12. The van der Waals surface area contributed by atoms with Crippen molar-refractivity contribution in [2.45, 2.75) is 26.3 Å². The molecule has 0 saturated carbocycles. The number of benzene rings is 2. The standard InChI is InChI=1S/C20H22N6O2/c1-12-8-9-15(13(2)10-12)23-17(27)11-16-18(28)25-20(24-16)26-19(21)22-14-6-4-3-5-7-14/h3-10,16H,11H2,1-2H3,(H,23,27)(H4,21,22,24,25,26,28)/t16-/m0/s1. The van der Waals surface area contributed by atoms with E-state index in [0.29, 0.717) is 5.69 Å². The Balaban J connectivity index is 1.61. The molecule has 1 heterocycles. The molecule has 0 unspecified atom stereocenters. The van der Waals surface area contributed by atoms with Gasteiger partial charge in [-0.2, -0.15) is 4.99 Å². The number of hydrogen-bond donors (Lipinski definition) is 4. The van der Waals surface area contributed by atoms with Crippen LogP contribution in [-0.4, -0.2) is 29.8 Å². The smallest absolute Gasteiger partial charge is 0.252 e. The van der Waals surface area contributed by atoms with E-state index in [1.165, 1.54) is 0 Å². The number of para-hydroxylation sites is 1. The summed E-state index contributed by atoms with van der Waals surface area (Å²) in [7, 11) is 0. The molecule has 0 spiro atoms. The molecule has 144 valence electrons. The number of nitrogens with two attached hydrogens (primary N) is 1. The van der Waals surface area contributed by atoms with Crippen LogP contribution in [-0.2, 0) is 9.59 Å². The fraction of sp³-hybridized carbons (Fsp3) is 0.200. The molecule has 0 fully saturated rings. The Morgan fingerprint density at radius 1 is 1.18 bits per heavy atom. The number of hydrogen-bond acceptors (Lipinski definition) is 4. The lowest BCUT2D eigenvalue weighted by molar-refractivity contribution is -0.123. The second kappa shape index (κ2) is 8.34. The van der Waals surface area contributed by atoms with Crippen molar-refractivity contribution in [3.05, 3.63) is 59.7 Å². The average molecular weight is 378 g/mol. The maximum atomic E-state index is 12.3. The van der Waals surface area contributed by atoms with Crippen LogP contribution < -0.4 is 21.7 Å². The number of aryl methyl sites for hydroxylation is 2. The number of carbonyl (C=O) groups is 2. The summed E-state index contributed by atoms with van der Waals surface area (Å²) < 4.78 is 0. The molecule has 2 aromatic carbocycles. The third-order valence-corrected chi connectivity index (χ3v) is 4.12. The molecule has 0 aliphatic carbocycles. The van der Waals surface area contributed by atoms with Crippen molar-refractivity contribution < 1.29 is 9.59 Å². The molecule has 0 saturated heterocycles. The molecule has 0 bridgehead atoms. The van der Waals surface area contributed by atoms with Crippen LogP contribution in [0.3, 0.4) is 0 Å². The van der Waals surface area contributed by atoms with Gasteiger partial charge in [0.25, 0.3) is 5.91 Å². The fourth-order valence-electron chi connectivity index (χ4n) is 2.77. The predicted octanol–water partition coefficient (Wildman–Crippen LogP) is 1.91. The number of anilines is 2. The SMILES string of the molecule is Cc1ccc(NC(=O)C[C@@H]2N=C(N=C(N)Nc3ccccc3)NC2=O)c(C)c1. The van der Waals surface area contributed by atoms with Crippen LogP contribution in [0.15, 0.2) is 58.5 Å². The van der Waals surface area contributed by atoms with E-state index in [1.807, 2.05) is 62.4 Å². The molecular formula is C20H22N6O2. The van der Waals surface area contributed by atoms with Gasteiger partial charge in [-0.15, -0.1) is 0 Å². The summed E-state index contributed by atoms with van der Waals surface area (Å²) in [5.41, 5.74) is 9.38. The van der Waals surface area contributed by atoms with Crippen molar-refractivity contribution in [1.82, 2.24) is 5.32 Å². The van der Waals surface area contributed by atoms with Gasteiger partial charge in [0, 0.05) is 11.4 Å². The van der Waals surface area contributed by atoms with Crippen LogP contribution in [0.5, 0.6) is 0 Å². The van der Waals surface area contributed by atoms with Crippen molar-refractivity contribution in [3.63, 3.8) is 0 Å². The fourth-order valence-corrected chi connectivity index (χ4v) is 2.77. The van der Waals surface area contributed by atoms with Gasteiger partial charge in [0.1, 0.15) is 6.04 Å². The monoisotopic (exact) mass is 378 g/mol. The first kappa shape index (κ1) is 19.1. The molecule has 5 N–H and O–H groups in total. The van der Waals surface area contributed by atoms with E-state index in [1.54, 1.807) is 0 Å². The molecule has 8 nitrogen and oxygen atoms in total. The van der Waals surface area contributed by atoms with Gasteiger partial charge in [-0.25, -0.2) is 4.99 Å². The zero-order chi connectivity index (χ0) is 20.1. The number of rotatable bonds is 4. The Morgan fingerprint density at radius 2 is 1.93 bits per heavy atom. The number of nitrogens with one attached hydrogen (secondary N) is 3. The summed E-state index contributed by atoms with van der Waals surface area (Å²) in [6, 6.07) is 14.1. The van der Waals surface area contributed by atoms with Crippen molar-refractivity contribution in [2.24, 2.45) is 15.7 Å². The highest BCUT2D eigenvalue weighted by atomic mass is 16.2. The maximum absolute atomic E-state index is 12.3. The summed E-state index contributed by atoms with van der Waals surface area (Å²) in [4.78, 5) is 32.6. The van der Waals surface area contributed by atoms with Gasteiger partial charge in [-0.3, -0.25) is 14.9 Å². The molecule has 0 radical (unpaired) electrons. The van der Waals surface area contributed by atoms with E-state index in [-0.39, 0.29) is 30.2 Å². The molecule has 28 heavy (non-hydrogen) atoms. The second-order valence-electron chi connectivity index (χ2n) is 6.52. The predicted molar refractivity (Wildman–Crippen MR) is 110 cm³/mol. The van der Waals surface area contributed by atoms with Gasteiger partial charge in [0.05, 0.1) is 6.42 Å². The summed E-state index contributed by atoms with van der Waals surface area (Å²) in [5.74, 6) is -0.514. The minimum Gasteiger partial charge on any atom is -0.369 e. The first-order valence-corrected chi connectivity index (χ1v) is 8.83. The van der Waals surface area contributed by atoms with E-state index in [9.17, 15) is 9.59 Å². The van der Waals surface area contributed by atoms with Crippen LogP contribution in [0.1, 0.15) is 17.5 Å². The minimum absolute atomic E-state index is 0.0789. The van der Waals surface area contributed by atoms with Gasteiger partial charge in [0.2, 0.25) is 17.8 Å². The normalized spacial score (nSPS) is 16.4. The van der Waals surface area contributed by atoms with Crippen molar-refractivity contribution in [2.75, 3.05) is 10.6 Å². The van der Waals surface area contributed by atoms with E-state index >= 15 is 0 Å². The summed E-state index contributed by atoms with van der Waals surface area (Å²) in [6.07, 6.45) is -0.0792. The Labute approximate surface area is 163 Å². The average Bonchev–Trinajstić information content (AvgIpc) is 2.97. The quantitative estimate of drug-likeness (QED) is 0.480. The molecule has 1 aliphatic rings. The Bertz CT molecular complexity index is 952. The summed E-state index contributed by atoms with van der Waals surface area (Å²) in [5, 5.41) is 8.24. The highest BCUT2D eigenvalue weighted by Crippen LogP contribution is 2.17. The third kappa shape index (κ3) is 4.94. The van der Waals surface area contributed by atoms with Crippen LogP contribution in [0.4, 0.5) is 11.4 Å². The Kier molecular flexibility index (Phi) is 5.69. The number of guanidine groups is 2. The topological polar surface area (TPSA) is 121 Å². The van der Waals surface area contributed by atoms with Crippen molar-refractivity contribution in [3.8, 4) is 0 Å². The first-order valence-electron chi connectivity index (χ1n) is 8.83. The van der Waals surface area contributed by atoms with E-state index in [2.05, 4.69) is 25.9 Å². The zero-order valence-electron chi connectivity index (χ0n) is 15.7. The Morgan fingerprint density at radius 3 is 2.64 bits per heavy atom. The second-order valence-corrected chi connectivity index (χ2v) is 6.52. The number of carbonyl (C=O) groups excluding carboxylic acids is 2. The highest BCUT2D eigenvalue weighted by Gasteiger charge is 2.28. The van der Waals surface area contributed by atoms with Crippen LogP contribution in [0.2, 0.25) is 0 Å². The van der Waals surface area contributed by atoms with Crippen LogP contribution in [0, 0.1) is 13.8 Å². The maximum Gasteiger partial charge on any atom is 0.252 e. The number of amides is 2. The van der Waals surface area contributed by atoms with Gasteiger partial charge in [-0.05, 0) is 37.6 Å². The minimum atomic E-state index is -0.839. The lowest BCUT2D eigenvalue weighted by atomic mass is 10.1. The molecule has 2 aromatic rings. The van der Waals surface area contributed by atoms with Crippen molar-refractivity contribution in [1.29, 1.82) is 0 Å². The van der Waals surface area contributed by atoms with Gasteiger partial charge in [0.15, 0.2) is 0 Å². The summed E-state index contributed by atoms with van der Waals surface area (Å²) >= 11 is 0. The zero-order valence-corrected chi connectivity index (χ0v) is 15.7. The van der Waals surface area contributed by atoms with Crippen LogP contribution >= 0.6 is 0 Å². The van der Waals surface area contributed by atoms with Crippen molar-refractivity contribution >= 4 is 35.1 Å². The number of aliphatic imine (C=N–C) groups is 2. The molecule has 1 aliphatic heterocycles. The van der Waals surface area contributed by atoms with Crippen LogP contribution in [0.25, 0.3) is 0 Å². The molecule has 3 rings (SSSR count). The van der Waals surface area contributed by atoms with Gasteiger partial charge >= 0.3 is 0 Å². The first-order chi connectivity index (χ1) is 13.4. The van der Waals surface area contributed by atoms with E-state index < -0.39 is 6.04 Å². The molecule has 2 amide bonds. The molecular weight excluding hydrogens is 356 g/mol. The van der Waals surface area contributed by atoms with Gasteiger partial charge < -0.3 is 16.4 Å².